The van der Waals surface area contributed by atoms with Crippen LogP contribution >= 0.6 is 0 Å². The Balaban J connectivity index is 1.76. The maximum Gasteiger partial charge on any atom is 0.118 e. The molecule has 3 rings (SSSR count). The van der Waals surface area contributed by atoms with Crippen LogP contribution in [0.25, 0.3) is 0 Å². The second kappa shape index (κ2) is 2.72. The Hall–Kier alpha value is -0.540. The lowest BCUT2D eigenvalue weighted by molar-refractivity contribution is -0.0577. The first-order valence-corrected chi connectivity index (χ1v) is 5.25. The van der Waals surface area contributed by atoms with Crippen LogP contribution in [0.4, 0.5) is 0 Å². The van der Waals surface area contributed by atoms with Crippen molar-refractivity contribution in [3.05, 3.63) is 11.8 Å². The standard InChI is InChI=1S/C10H16N2O/c1-2-8(1)9-7-10(13-12-9)3-5-11-6-4-10/h7-8,11-12H,1-6H2. The molecule has 0 atom stereocenters. The van der Waals surface area contributed by atoms with Crippen LogP contribution < -0.4 is 10.8 Å². The highest BCUT2D eigenvalue weighted by Crippen LogP contribution is 2.40. The molecule has 2 N–H and O–H groups in total. The molecule has 3 heteroatoms. The zero-order chi connectivity index (χ0) is 8.73. The van der Waals surface area contributed by atoms with Crippen molar-refractivity contribution in [2.75, 3.05) is 13.1 Å². The Morgan fingerprint density at radius 2 is 2.08 bits per heavy atom. The first kappa shape index (κ1) is 7.83. The molecular formula is C10H16N2O. The molecule has 0 bridgehead atoms. The van der Waals surface area contributed by atoms with E-state index in [4.69, 9.17) is 4.84 Å². The second-order valence-corrected chi connectivity index (χ2v) is 4.39. The Bertz CT molecular complexity index is 239. The summed E-state index contributed by atoms with van der Waals surface area (Å²) < 4.78 is 0. The monoisotopic (exact) mass is 180 g/mol. The quantitative estimate of drug-likeness (QED) is 0.630. The molecule has 0 aromatic heterocycles. The normalized spacial score (nSPS) is 31.5. The van der Waals surface area contributed by atoms with E-state index in [1.54, 1.807) is 0 Å². The fourth-order valence-corrected chi connectivity index (χ4v) is 2.19. The highest BCUT2D eigenvalue weighted by Gasteiger charge is 2.40. The summed E-state index contributed by atoms with van der Waals surface area (Å²) in [6.45, 7) is 2.16. The van der Waals surface area contributed by atoms with Crippen molar-refractivity contribution in [1.82, 2.24) is 10.8 Å². The highest BCUT2D eigenvalue weighted by molar-refractivity contribution is 5.20. The minimum atomic E-state index is 0.0309. The number of piperidine rings is 1. The van der Waals surface area contributed by atoms with Gasteiger partial charge >= 0.3 is 0 Å². The number of hydrogen-bond donors (Lipinski definition) is 2. The van der Waals surface area contributed by atoms with Crippen LogP contribution in [0, 0.1) is 5.92 Å². The summed E-state index contributed by atoms with van der Waals surface area (Å²) in [4.78, 5) is 5.71. The van der Waals surface area contributed by atoms with E-state index >= 15 is 0 Å². The molecule has 3 nitrogen and oxygen atoms in total. The predicted molar refractivity (Wildman–Crippen MR) is 49.9 cm³/mol. The van der Waals surface area contributed by atoms with E-state index in [1.807, 2.05) is 0 Å². The molecule has 0 amide bonds. The van der Waals surface area contributed by atoms with Crippen molar-refractivity contribution < 1.29 is 4.84 Å². The number of rotatable bonds is 1. The summed E-state index contributed by atoms with van der Waals surface area (Å²) >= 11 is 0. The minimum absolute atomic E-state index is 0.0309. The van der Waals surface area contributed by atoms with E-state index in [9.17, 15) is 0 Å². The van der Waals surface area contributed by atoms with E-state index in [0.29, 0.717) is 0 Å². The van der Waals surface area contributed by atoms with Gasteiger partial charge in [-0.25, -0.2) is 0 Å². The van der Waals surface area contributed by atoms with Gasteiger partial charge in [-0.05, 0) is 44.8 Å². The van der Waals surface area contributed by atoms with E-state index in [2.05, 4.69) is 16.9 Å². The lowest BCUT2D eigenvalue weighted by Gasteiger charge is -2.29. The summed E-state index contributed by atoms with van der Waals surface area (Å²) in [6, 6.07) is 0. The number of hydroxylamine groups is 1. The van der Waals surface area contributed by atoms with Crippen LogP contribution in [0.2, 0.25) is 0 Å². The SMILES string of the molecule is C1=C(C2CC2)NOC12CCNCC2. The lowest BCUT2D eigenvalue weighted by atomic mass is 9.91. The smallest absolute Gasteiger partial charge is 0.118 e. The van der Waals surface area contributed by atoms with Crippen molar-refractivity contribution in [2.45, 2.75) is 31.3 Å². The van der Waals surface area contributed by atoms with Gasteiger partial charge in [0.05, 0.1) is 0 Å². The largest absolute Gasteiger partial charge is 0.316 e. The molecule has 0 unspecified atom stereocenters. The Morgan fingerprint density at radius 3 is 2.77 bits per heavy atom. The first-order valence-electron chi connectivity index (χ1n) is 5.25. The molecule has 0 aromatic carbocycles. The Kier molecular flexibility index (Phi) is 1.64. The summed E-state index contributed by atoms with van der Waals surface area (Å²) in [5.41, 5.74) is 4.49. The number of allylic oxidation sites excluding steroid dienone is 1. The van der Waals surface area contributed by atoms with Gasteiger partial charge in [-0.1, -0.05) is 0 Å². The first-order chi connectivity index (χ1) is 6.38. The Morgan fingerprint density at radius 1 is 1.31 bits per heavy atom. The summed E-state index contributed by atoms with van der Waals surface area (Å²) in [7, 11) is 0. The molecule has 0 aromatic rings. The van der Waals surface area contributed by atoms with Crippen LogP contribution in [0.5, 0.6) is 0 Å². The van der Waals surface area contributed by atoms with Crippen LogP contribution in [0.15, 0.2) is 11.8 Å². The van der Waals surface area contributed by atoms with Crippen LogP contribution in [0.3, 0.4) is 0 Å². The molecular weight excluding hydrogens is 164 g/mol. The number of hydrogen-bond acceptors (Lipinski definition) is 3. The zero-order valence-electron chi connectivity index (χ0n) is 7.81. The third-order valence-corrected chi connectivity index (χ3v) is 3.26. The minimum Gasteiger partial charge on any atom is -0.316 e. The third kappa shape index (κ3) is 1.36. The average molecular weight is 180 g/mol. The molecule has 2 aliphatic heterocycles. The summed E-state index contributed by atoms with van der Waals surface area (Å²) in [5.74, 6) is 0.786. The van der Waals surface area contributed by atoms with Gasteiger partial charge in [0.2, 0.25) is 0 Å². The van der Waals surface area contributed by atoms with Crippen molar-refractivity contribution >= 4 is 0 Å². The maximum atomic E-state index is 5.71. The van der Waals surface area contributed by atoms with Gasteiger partial charge in [0.15, 0.2) is 0 Å². The fourth-order valence-electron chi connectivity index (χ4n) is 2.19. The van der Waals surface area contributed by atoms with Crippen molar-refractivity contribution in [3.8, 4) is 0 Å². The van der Waals surface area contributed by atoms with E-state index in [1.165, 1.54) is 18.5 Å². The second-order valence-electron chi connectivity index (χ2n) is 4.39. The molecule has 1 spiro atoms. The van der Waals surface area contributed by atoms with Crippen LogP contribution in [-0.4, -0.2) is 18.7 Å². The van der Waals surface area contributed by atoms with Gasteiger partial charge in [-0.3, -0.25) is 10.3 Å². The van der Waals surface area contributed by atoms with Gasteiger partial charge < -0.3 is 5.32 Å². The average Bonchev–Trinajstić information content (AvgIpc) is 2.93. The van der Waals surface area contributed by atoms with Gasteiger partial charge in [0.25, 0.3) is 0 Å². The molecule has 72 valence electrons. The molecule has 0 radical (unpaired) electrons. The fraction of sp³-hybridized carbons (Fsp3) is 0.800. The molecule has 1 aliphatic carbocycles. The molecule has 3 aliphatic rings. The van der Waals surface area contributed by atoms with Crippen molar-refractivity contribution in [2.24, 2.45) is 5.92 Å². The van der Waals surface area contributed by atoms with Gasteiger partial charge in [-0.2, -0.15) is 0 Å². The maximum absolute atomic E-state index is 5.71. The van der Waals surface area contributed by atoms with E-state index in [0.717, 1.165) is 31.8 Å². The van der Waals surface area contributed by atoms with Crippen molar-refractivity contribution in [1.29, 1.82) is 0 Å². The molecule has 2 heterocycles. The number of nitrogens with one attached hydrogen (secondary N) is 2. The van der Waals surface area contributed by atoms with Gasteiger partial charge in [0.1, 0.15) is 5.60 Å². The third-order valence-electron chi connectivity index (χ3n) is 3.26. The Labute approximate surface area is 78.5 Å². The highest BCUT2D eigenvalue weighted by atomic mass is 16.7. The molecule has 1 saturated carbocycles. The zero-order valence-corrected chi connectivity index (χ0v) is 7.81. The predicted octanol–water partition coefficient (Wildman–Crippen LogP) is 0.937. The van der Waals surface area contributed by atoms with E-state index < -0.39 is 0 Å². The van der Waals surface area contributed by atoms with Gasteiger partial charge in [0, 0.05) is 11.6 Å². The summed E-state index contributed by atoms with van der Waals surface area (Å²) in [5, 5.41) is 3.36. The molecule has 2 fully saturated rings. The van der Waals surface area contributed by atoms with Crippen LogP contribution in [0.1, 0.15) is 25.7 Å². The van der Waals surface area contributed by atoms with Crippen molar-refractivity contribution in [3.63, 3.8) is 0 Å². The van der Waals surface area contributed by atoms with E-state index in [-0.39, 0.29) is 5.60 Å². The molecule has 13 heavy (non-hydrogen) atoms. The van der Waals surface area contributed by atoms with Gasteiger partial charge in [-0.15, -0.1) is 0 Å². The molecule has 1 saturated heterocycles. The van der Waals surface area contributed by atoms with Crippen LogP contribution in [-0.2, 0) is 4.84 Å². The summed E-state index contributed by atoms with van der Waals surface area (Å²) in [6.07, 6.45) is 7.24. The topological polar surface area (TPSA) is 33.3 Å². The lowest BCUT2D eigenvalue weighted by Crippen LogP contribution is -2.41.